The third-order valence-electron chi connectivity index (χ3n) is 3.32. The number of carbonyl (C=O) groups excluding carboxylic acids is 1. The quantitative estimate of drug-likeness (QED) is 0.627. The zero-order valence-electron chi connectivity index (χ0n) is 13.4. The van der Waals surface area contributed by atoms with Crippen LogP contribution in [0.25, 0.3) is 0 Å². The SMILES string of the molecule is CC(C)(C)OC(=O)Nc1cc(C2CC2)c(C(F)(F)F)cc1[N+](=O)[O-]. The molecule has 0 aliphatic heterocycles. The van der Waals surface area contributed by atoms with E-state index in [4.69, 9.17) is 4.74 Å². The number of nitrogens with zero attached hydrogens (tertiary/aromatic N) is 1. The Labute approximate surface area is 136 Å². The monoisotopic (exact) mass is 346 g/mol. The van der Waals surface area contributed by atoms with Crippen LogP contribution in [0.4, 0.5) is 29.3 Å². The molecule has 1 saturated carbocycles. The summed E-state index contributed by atoms with van der Waals surface area (Å²) in [6.07, 6.45) is -4.51. The summed E-state index contributed by atoms with van der Waals surface area (Å²) in [5, 5.41) is 13.3. The molecule has 0 spiro atoms. The van der Waals surface area contributed by atoms with Gasteiger partial charge in [-0.3, -0.25) is 15.4 Å². The zero-order valence-corrected chi connectivity index (χ0v) is 13.4. The Kier molecular flexibility index (Phi) is 4.47. The van der Waals surface area contributed by atoms with E-state index < -0.39 is 34.0 Å². The van der Waals surface area contributed by atoms with E-state index in [1.54, 1.807) is 20.8 Å². The number of ether oxygens (including phenoxy) is 1. The van der Waals surface area contributed by atoms with E-state index in [1.807, 2.05) is 0 Å². The van der Waals surface area contributed by atoms with Gasteiger partial charge in [0.2, 0.25) is 0 Å². The first-order chi connectivity index (χ1) is 10.9. The lowest BCUT2D eigenvalue weighted by Crippen LogP contribution is -2.27. The molecule has 1 N–H and O–H groups in total. The van der Waals surface area contributed by atoms with Crippen molar-refractivity contribution in [2.24, 2.45) is 0 Å². The molecule has 0 bridgehead atoms. The molecule has 1 aromatic carbocycles. The van der Waals surface area contributed by atoms with E-state index in [0.717, 1.165) is 6.07 Å². The summed E-state index contributed by atoms with van der Waals surface area (Å²) >= 11 is 0. The number of hydrogen-bond donors (Lipinski definition) is 1. The fourth-order valence-electron chi connectivity index (χ4n) is 2.25. The first-order valence-electron chi connectivity index (χ1n) is 7.28. The number of nitro benzene ring substituents is 1. The number of amides is 1. The first-order valence-corrected chi connectivity index (χ1v) is 7.28. The van der Waals surface area contributed by atoms with Crippen LogP contribution in [0.2, 0.25) is 0 Å². The predicted octanol–water partition coefficient (Wildman–Crippen LogP) is 4.84. The molecule has 1 aromatic rings. The second-order valence-corrected chi connectivity index (χ2v) is 6.61. The predicted molar refractivity (Wildman–Crippen MR) is 79.9 cm³/mol. The van der Waals surface area contributed by atoms with Crippen molar-refractivity contribution in [3.05, 3.63) is 33.4 Å². The molecule has 0 saturated heterocycles. The summed E-state index contributed by atoms with van der Waals surface area (Å²) in [6.45, 7) is 4.80. The van der Waals surface area contributed by atoms with Crippen LogP contribution >= 0.6 is 0 Å². The van der Waals surface area contributed by atoms with Crippen molar-refractivity contribution in [1.82, 2.24) is 0 Å². The molecule has 0 radical (unpaired) electrons. The molecule has 1 fully saturated rings. The molecule has 2 rings (SSSR count). The lowest BCUT2D eigenvalue weighted by molar-refractivity contribution is -0.384. The Morgan fingerprint density at radius 3 is 2.29 bits per heavy atom. The van der Waals surface area contributed by atoms with Gasteiger partial charge in [-0.2, -0.15) is 13.2 Å². The number of nitrogens with one attached hydrogen (secondary N) is 1. The van der Waals surface area contributed by atoms with Crippen molar-refractivity contribution in [3.8, 4) is 0 Å². The number of rotatable bonds is 3. The van der Waals surface area contributed by atoms with Crippen molar-refractivity contribution < 1.29 is 27.6 Å². The molecule has 9 heteroatoms. The standard InChI is InChI=1S/C15H17F3N2O4/c1-14(2,3)24-13(21)19-11-6-9(8-4-5-8)10(15(16,17)18)7-12(11)20(22)23/h6-8H,4-5H2,1-3H3,(H,19,21). The smallest absolute Gasteiger partial charge is 0.416 e. The summed E-state index contributed by atoms with van der Waals surface area (Å²) < 4.78 is 44.5. The minimum atomic E-state index is -4.70. The van der Waals surface area contributed by atoms with Crippen LogP contribution in [-0.2, 0) is 10.9 Å². The van der Waals surface area contributed by atoms with Crippen molar-refractivity contribution in [3.63, 3.8) is 0 Å². The van der Waals surface area contributed by atoms with Crippen LogP contribution < -0.4 is 5.32 Å². The van der Waals surface area contributed by atoms with E-state index in [1.165, 1.54) is 0 Å². The average molecular weight is 346 g/mol. The van der Waals surface area contributed by atoms with E-state index in [9.17, 15) is 28.1 Å². The van der Waals surface area contributed by atoms with Crippen LogP contribution in [0.15, 0.2) is 12.1 Å². The average Bonchev–Trinajstić information content (AvgIpc) is 3.17. The second-order valence-electron chi connectivity index (χ2n) is 6.61. The second kappa shape index (κ2) is 5.95. The van der Waals surface area contributed by atoms with E-state index in [-0.39, 0.29) is 17.2 Å². The summed E-state index contributed by atoms with van der Waals surface area (Å²) in [7, 11) is 0. The molecular formula is C15H17F3N2O4. The van der Waals surface area contributed by atoms with E-state index in [0.29, 0.717) is 18.9 Å². The summed E-state index contributed by atoms with van der Waals surface area (Å²) in [4.78, 5) is 22.0. The Morgan fingerprint density at radius 1 is 1.29 bits per heavy atom. The lowest BCUT2D eigenvalue weighted by Gasteiger charge is -2.20. The van der Waals surface area contributed by atoms with Gasteiger partial charge < -0.3 is 4.74 Å². The van der Waals surface area contributed by atoms with Crippen LogP contribution in [0.1, 0.15) is 50.7 Å². The third kappa shape index (κ3) is 4.36. The van der Waals surface area contributed by atoms with Gasteiger partial charge in [-0.1, -0.05) is 0 Å². The Bertz CT molecular complexity index is 677. The van der Waals surface area contributed by atoms with Gasteiger partial charge >= 0.3 is 12.3 Å². The molecule has 1 amide bonds. The number of carbonyl (C=O) groups is 1. The van der Waals surface area contributed by atoms with Crippen molar-refractivity contribution in [2.45, 2.75) is 51.3 Å². The summed E-state index contributed by atoms with van der Waals surface area (Å²) in [5.74, 6) is -0.304. The number of nitro groups is 1. The van der Waals surface area contributed by atoms with Crippen LogP contribution in [0, 0.1) is 10.1 Å². The largest absolute Gasteiger partial charge is 0.444 e. The maximum absolute atomic E-state index is 13.2. The van der Waals surface area contributed by atoms with Gasteiger partial charge in [0.15, 0.2) is 0 Å². The Balaban J connectivity index is 2.45. The molecule has 0 aromatic heterocycles. The van der Waals surface area contributed by atoms with Gasteiger partial charge in [-0.25, -0.2) is 4.79 Å². The molecule has 1 aliphatic rings. The first kappa shape index (κ1) is 18.0. The Morgan fingerprint density at radius 2 is 1.88 bits per heavy atom. The highest BCUT2D eigenvalue weighted by Crippen LogP contribution is 2.48. The number of benzene rings is 1. The van der Waals surface area contributed by atoms with Crippen LogP contribution in [0.5, 0.6) is 0 Å². The number of hydrogen-bond acceptors (Lipinski definition) is 4. The molecule has 0 atom stereocenters. The molecule has 24 heavy (non-hydrogen) atoms. The maximum Gasteiger partial charge on any atom is 0.416 e. The van der Waals surface area contributed by atoms with Gasteiger partial charge in [0.25, 0.3) is 5.69 Å². The highest BCUT2D eigenvalue weighted by Gasteiger charge is 2.40. The summed E-state index contributed by atoms with van der Waals surface area (Å²) in [5.41, 5.74) is -3.04. The molecular weight excluding hydrogens is 329 g/mol. The van der Waals surface area contributed by atoms with Gasteiger partial charge in [0.1, 0.15) is 11.3 Å². The van der Waals surface area contributed by atoms with E-state index in [2.05, 4.69) is 5.32 Å². The fourth-order valence-corrected chi connectivity index (χ4v) is 2.25. The fraction of sp³-hybridized carbons (Fsp3) is 0.533. The van der Waals surface area contributed by atoms with Crippen molar-refractivity contribution >= 4 is 17.5 Å². The normalized spacial score (nSPS) is 15.1. The minimum Gasteiger partial charge on any atom is -0.444 e. The molecule has 132 valence electrons. The van der Waals surface area contributed by atoms with Crippen molar-refractivity contribution in [1.29, 1.82) is 0 Å². The number of alkyl halides is 3. The van der Waals surface area contributed by atoms with Gasteiger partial charge in [-0.15, -0.1) is 0 Å². The maximum atomic E-state index is 13.2. The third-order valence-corrected chi connectivity index (χ3v) is 3.32. The zero-order chi connectivity index (χ0) is 18.3. The van der Waals surface area contributed by atoms with Gasteiger partial charge in [0, 0.05) is 6.07 Å². The highest BCUT2D eigenvalue weighted by atomic mass is 19.4. The van der Waals surface area contributed by atoms with Crippen LogP contribution in [0.3, 0.4) is 0 Å². The minimum absolute atomic E-state index is 0.0424. The lowest BCUT2D eigenvalue weighted by atomic mass is 10.0. The highest BCUT2D eigenvalue weighted by molar-refractivity contribution is 5.88. The van der Waals surface area contributed by atoms with Gasteiger partial charge in [0.05, 0.1) is 10.5 Å². The topological polar surface area (TPSA) is 81.5 Å². The molecule has 0 heterocycles. The Hall–Kier alpha value is -2.32. The summed E-state index contributed by atoms with van der Waals surface area (Å²) in [6, 6.07) is 1.50. The molecule has 1 aliphatic carbocycles. The van der Waals surface area contributed by atoms with Crippen molar-refractivity contribution in [2.75, 3.05) is 5.32 Å². The van der Waals surface area contributed by atoms with E-state index >= 15 is 0 Å². The van der Waals surface area contributed by atoms with Gasteiger partial charge in [-0.05, 0) is 51.2 Å². The number of halogens is 3. The van der Waals surface area contributed by atoms with Crippen LogP contribution in [-0.4, -0.2) is 16.6 Å². The number of anilines is 1. The molecule has 6 nitrogen and oxygen atoms in total. The molecule has 0 unspecified atom stereocenters.